The SMILES string of the molecule is CS(=O)(=O)N1CCCC(Cn2cnccc2=O)C1. The molecule has 2 heterocycles. The Morgan fingerprint density at radius 3 is 2.94 bits per heavy atom. The zero-order valence-electron chi connectivity index (χ0n) is 10.3. The average molecular weight is 271 g/mol. The molecule has 1 aromatic rings. The van der Waals surface area contributed by atoms with Crippen molar-refractivity contribution in [3.63, 3.8) is 0 Å². The number of rotatable bonds is 3. The first kappa shape index (κ1) is 13.2. The Labute approximate surface area is 106 Å². The van der Waals surface area contributed by atoms with Crippen molar-refractivity contribution in [3.8, 4) is 0 Å². The maximum atomic E-state index is 11.6. The van der Waals surface area contributed by atoms with Gasteiger partial charge in [-0.05, 0) is 18.8 Å². The molecule has 18 heavy (non-hydrogen) atoms. The first-order valence-electron chi connectivity index (χ1n) is 5.92. The van der Waals surface area contributed by atoms with Crippen molar-refractivity contribution < 1.29 is 8.42 Å². The molecule has 0 radical (unpaired) electrons. The number of sulfonamides is 1. The second-order valence-corrected chi connectivity index (χ2v) is 6.68. The molecule has 0 saturated carbocycles. The van der Waals surface area contributed by atoms with Gasteiger partial charge in [0.2, 0.25) is 10.0 Å². The lowest BCUT2D eigenvalue weighted by Crippen LogP contribution is -2.41. The van der Waals surface area contributed by atoms with E-state index < -0.39 is 10.0 Å². The molecule has 1 aliphatic heterocycles. The summed E-state index contributed by atoms with van der Waals surface area (Å²) >= 11 is 0. The summed E-state index contributed by atoms with van der Waals surface area (Å²) in [5, 5.41) is 0. The van der Waals surface area contributed by atoms with Crippen LogP contribution in [0.15, 0.2) is 23.4 Å². The van der Waals surface area contributed by atoms with Crippen LogP contribution in [0.5, 0.6) is 0 Å². The van der Waals surface area contributed by atoms with Gasteiger partial charge in [0, 0.05) is 31.9 Å². The molecule has 0 aromatic carbocycles. The van der Waals surface area contributed by atoms with Crippen molar-refractivity contribution in [2.75, 3.05) is 19.3 Å². The average Bonchev–Trinajstić information content (AvgIpc) is 2.31. The van der Waals surface area contributed by atoms with E-state index >= 15 is 0 Å². The minimum atomic E-state index is -3.13. The van der Waals surface area contributed by atoms with Gasteiger partial charge in [-0.15, -0.1) is 0 Å². The molecule has 0 spiro atoms. The molecule has 0 amide bonds. The summed E-state index contributed by atoms with van der Waals surface area (Å²) in [7, 11) is -3.13. The van der Waals surface area contributed by atoms with Crippen LogP contribution in [0.1, 0.15) is 12.8 Å². The Balaban J connectivity index is 2.07. The van der Waals surface area contributed by atoms with Gasteiger partial charge in [0.15, 0.2) is 0 Å². The third kappa shape index (κ3) is 3.17. The van der Waals surface area contributed by atoms with E-state index in [1.54, 1.807) is 0 Å². The molecule has 2 rings (SSSR count). The Morgan fingerprint density at radius 2 is 2.28 bits per heavy atom. The molecule has 1 unspecified atom stereocenters. The molecule has 1 atom stereocenters. The summed E-state index contributed by atoms with van der Waals surface area (Å²) in [4.78, 5) is 15.5. The minimum absolute atomic E-state index is 0.0959. The van der Waals surface area contributed by atoms with Crippen LogP contribution in [0.4, 0.5) is 0 Å². The molecule has 6 nitrogen and oxygen atoms in total. The monoisotopic (exact) mass is 271 g/mol. The second-order valence-electron chi connectivity index (χ2n) is 4.70. The van der Waals surface area contributed by atoms with E-state index in [1.165, 1.54) is 33.7 Å². The number of hydrogen-bond acceptors (Lipinski definition) is 4. The van der Waals surface area contributed by atoms with Crippen molar-refractivity contribution in [3.05, 3.63) is 28.9 Å². The van der Waals surface area contributed by atoms with E-state index in [9.17, 15) is 13.2 Å². The molecule has 0 aliphatic carbocycles. The fraction of sp³-hybridized carbons (Fsp3) is 0.636. The number of aromatic nitrogens is 2. The topological polar surface area (TPSA) is 72.3 Å². The second kappa shape index (κ2) is 5.19. The van der Waals surface area contributed by atoms with E-state index in [0.29, 0.717) is 19.6 Å². The summed E-state index contributed by atoms with van der Waals surface area (Å²) in [5.41, 5.74) is -0.0959. The van der Waals surface area contributed by atoms with Gasteiger partial charge < -0.3 is 0 Å². The molecule has 1 aliphatic rings. The highest BCUT2D eigenvalue weighted by molar-refractivity contribution is 7.88. The minimum Gasteiger partial charge on any atom is -0.299 e. The number of hydrogen-bond donors (Lipinski definition) is 0. The Bertz CT molecular complexity index is 567. The van der Waals surface area contributed by atoms with Gasteiger partial charge in [0.1, 0.15) is 0 Å². The standard InChI is InChI=1S/C11H17N3O3S/c1-18(16,17)14-6-2-3-10(8-14)7-13-9-12-5-4-11(13)15/h4-5,9-10H,2-3,6-8H2,1H3. The van der Waals surface area contributed by atoms with Gasteiger partial charge >= 0.3 is 0 Å². The van der Waals surface area contributed by atoms with Crippen LogP contribution < -0.4 is 5.56 Å². The highest BCUT2D eigenvalue weighted by atomic mass is 32.2. The van der Waals surface area contributed by atoms with Crippen LogP contribution in [0, 0.1) is 5.92 Å². The molecule has 0 bridgehead atoms. The van der Waals surface area contributed by atoms with E-state index in [2.05, 4.69) is 4.98 Å². The van der Waals surface area contributed by atoms with Crippen LogP contribution in [-0.4, -0.2) is 41.6 Å². The summed E-state index contributed by atoms with van der Waals surface area (Å²) in [6, 6.07) is 1.41. The van der Waals surface area contributed by atoms with Crippen LogP contribution in [-0.2, 0) is 16.6 Å². The van der Waals surface area contributed by atoms with Crippen molar-refractivity contribution in [2.45, 2.75) is 19.4 Å². The molecule has 100 valence electrons. The quantitative estimate of drug-likeness (QED) is 0.770. The summed E-state index contributed by atoms with van der Waals surface area (Å²) in [6.07, 6.45) is 5.97. The third-order valence-corrected chi connectivity index (χ3v) is 4.47. The fourth-order valence-corrected chi connectivity index (χ4v) is 3.21. The zero-order valence-corrected chi connectivity index (χ0v) is 11.1. The lowest BCUT2D eigenvalue weighted by molar-refractivity contribution is 0.244. The molecule has 1 saturated heterocycles. The van der Waals surface area contributed by atoms with E-state index in [1.807, 2.05) is 0 Å². The molecule has 0 N–H and O–H groups in total. The highest BCUT2D eigenvalue weighted by Gasteiger charge is 2.26. The van der Waals surface area contributed by atoms with Gasteiger partial charge in [-0.25, -0.2) is 17.7 Å². The first-order chi connectivity index (χ1) is 8.47. The largest absolute Gasteiger partial charge is 0.299 e. The molecular weight excluding hydrogens is 254 g/mol. The third-order valence-electron chi connectivity index (χ3n) is 3.20. The molecule has 1 fully saturated rings. The van der Waals surface area contributed by atoms with Gasteiger partial charge in [-0.1, -0.05) is 0 Å². The van der Waals surface area contributed by atoms with Crippen LogP contribution in [0.3, 0.4) is 0 Å². The smallest absolute Gasteiger partial charge is 0.253 e. The number of piperidine rings is 1. The molecule has 1 aromatic heterocycles. The van der Waals surface area contributed by atoms with E-state index in [-0.39, 0.29) is 11.5 Å². The summed E-state index contributed by atoms with van der Waals surface area (Å²) in [5.74, 6) is 0.176. The normalized spacial score (nSPS) is 21.9. The molecular formula is C11H17N3O3S. The van der Waals surface area contributed by atoms with E-state index in [4.69, 9.17) is 0 Å². The van der Waals surface area contributed by atoms with Gasteiger partial charge in [-0.3, -0.25) is 9.36 Å². The van der Waals surface area contributed by atoms with Gasteiger partial charge in [-0.2, -0.15) is 0 Å². The Morgan fingerprint density at radius 1 is 1.50 bits per heavy atom. The van der Waals surface area contributed by atoms with Crippen LogP contribution in [0.2, 0.25) is 0 Å². The lowest BCUT2D eigenvalue weighted by Gasteiger charge is -2.31. The number of nitrogens with zero attached hydrogens (tertiary/aromatic N) is 3. The Kier molecular flexibility index (Phi) is 3.82. The van der Waals surface area contributed by atoms with E-state index in [0.717, 1.165) is 12.8 Å². The summed E-state index contributed by atoms with van der Waals surface area (Å²) in [6.45, 7) is 1.59. The van der Waals surface area contributed by atoms with Crippen LogP contribution >= 0.6 is 0 Å². The maximum absolute atomic E-state index is 11.6. The zero-order chi connectivity index (χ0) is 13.2. The highest BCUT2D eigenvalue weighted by Crippen LogP contribution is 2.19. The Hall–Kier alpha value is -1.21. The predicted molar refractivity (Wildman–Crippen MR) is 67.6 cm³/mol. The van der Waals surface area contributed by atoms with Gasteiger partial charge in [0.05, 0.1) is 12.6 Å². The van der Waals surface area contributed by atoms with Crippen LogP contribution in [0.25, 0.3) is 0 Å². The van der Waals surface area contributed by atoms with Crippen molar-refractivity contribution >= 4 is 10.0 Å². The molecule has 7 heteroatoms. The van der Waals surface area contributed by atoms with Crippen molar-refractivity contribution in [1.82, 2.24) is 13.9 Å². The maximum Gasteiger partial charge on any atom is 0.253 e. The fourth-order valence-electron chi connectivity index (χ4n) is 2.27. The predicted octanol–water partition coefficient (Wildman–Crippen LogP) is -0.0851. The first-order valence-corrected chi connectivity index (χ1v) is 7.77. The van der Waals surface area contributed by atoms with Crippen molar-refractivity contribution in [2.24, 2.45) is 5.92 Å². The lowest BCUT2D eigenvalue weighted by atomic mass is 10.00. The van der Waals surface area contributed by atoms with Crippen molar-refractivity contribution in [1.29, 1.82) is 0 Å². The summed E-state index contributed by atoms with van der Waals surface area (Å²) < 4.78 is 26.0. The van der Waals surface area contributed by atoms with Gasteiger partial charge in [0.25, 0.3) is 5.56 Å².